The minimum Gasteiger partial charge on any atom is -0.455 e. The highest BCUT2D eigenvalue weighted by molar-refractivity contribution is 7.26. The van der Waals surface area contributed by atoms with Crippen LogP contribution < -0.4 is 0 Å². The van der Waals surface area contributed by atoms with Crippen LogP contribution in [0.5, 0.6) is 0 Å². The van der Waals surface area contributed by atoms with E-state index in [1.165, 1.54) is 64.0 Å². The van der Waals surface area contributed by atoms with Crippen molar-refractivity contribution in [2.45, 2.75) is 0 Å². The van der Waals surface area contributed by atoms with Crippen molar-refractivity contribution in [1.29, 1.82) is 0 Å². The Hall–Kier alpha value is -5.70. The van der Waals surface area contributed by atoms with Gasteiger partial charge in [0.25, 0.3) is 0 Å². The van der Waals surface area contributed by atoms with Crippen LogP contribution >= 0.6 is 11.3 Å². The van der Waals surface area contributed by atoms with E-state index in [9.17, 15) is 0 Å². The zero-order valence-corrected chi connectivity index (χ0v) is 25.6. The van der Waals surface area contributed by atoms with Crippen molar-refractivity contribution in [3.05, 3.63) is 158 Å². The molecular formula is C44H26OS. The molecule has 2 heterocycles. The molecule has 10 rings (SSSR count). The third kappa shape index (κ3) is 3.87. The first kappa shape index (κ1) is 25.6. The van der Waals surface area contributed by atoms with Gasteiger partial charge in [-0.25, -0.2) is 0 Å². The third-order valence-corrected chi connectivity index (χ3v) is 10.7. The molecule has 46 heavy (non-hydrogen) atoms. The highest BCUT2D eigenvalue weighted by Crippen LogP contribution is 2.42. The lowest BCUT2D eigenvalue weighted by Gasteiger charge is -2.11. The van der Waals surface area contributed by atoms with Gasteiger partial charge in [-0.15, -0.1) is 11.3 Å². The van der Waals surface area contributed by atoms with Crippen LogP contribution in [0, 0.1) is 0 Å². The zero-order chi connectivity index (χ0) is 30.2. The summed E-state index contributed by atoms with van der Waals surface area (Å²) in [6.45, 7) is 0. The summed E-state index contributed by atoms with van der Waals surface area (Å²) in [5.74, 6) is 0. The molecule has 0 spiro atoms. The molecule has 2 heteroatoms. The molecule has 8 aromatic carbocycles. The fourth-order valence-electron chi connectivity index (χ4n) is 7.22. The molecule has 1 nitrogen and oxygen atoms in total. The minimum atomic E-state index is 0.921. The van der Waals surface area contributed by atoms with E-state index in [2.05, 4.69) is 146 Å². The zero-order valence-electron chi connectivity index (χ0n) is 24.8. The summed E-state index contributed by atoms with van der Waals surface area (Å²) < 4.78 is 9.08. The molecule has 0 radical (unpaired) electrons. The number of furan rings is 1. The Labute approximate surface area is 269 Å². The Balaban J connectivity index is 1.10. The van der Waals surface area contributed by atoms with Gasteiger partial charge in [-0.2, -0.15) is 0 Å². The van der Waals surface area contributed by atoms with Crippen molar-refractivity contribution < 1.29 is 4.42 Å². The van der Waals surface area contributed by atoms with E-state index in [0.29, 0.717) is 0 Å². The average molecular weight is 603 g/mol. The van der Waals surface area contributed by atoms with Crippen LogP contribution in [0.1, 0.15) is 0 Å². The molecule has 0 aliphatic rings. The summed E-state index contributed by atoms with van der Waals surface area (Å²) in [5.41, 5.74) is 8.94. The van der Waals surface area contributed by atoms with Crippen molar-refractivity contribution >= 4 is 75.0 Å². The van der Waals surface area contributed by atoms with Crippen LogP contribution in [0.15, 0.2) is 162 Å². The number of para-hydroxylation sites is 2. The van der Waals surface area contributed by atoms with E-state index >= 15 is 0 Å². The van der Waals surface area contributed by atoms with Gasteiger partial charge in [0.2, 0.25) is 0 Å². The van der Waals surface area contributed by atoms with Crippen molar-refractivity contribution in [2.24, 2.45) is 0 Å². The van der Waals surface area contributed by atoms with Crippen LogP contribution in [0.25, 0.3) is 97.0 Å². The van der Waals surface area contributed by atoms with Gasteiger partial charge in [-0.1, -0.05) is 127 Å². The Morgan fingerprint density at radius 1 is 0.391 bits per heavy atom. The van der Waals surface area contributed by atoms with Gasteiger partial charge >= 0.3 is 0 Å². The summed E-state index contributed by atoms with van der Waals surface area (Å²) in [4.78, 5) is 0. The maximum absolute atomic E-state index is 6.37. The van der Waals surface area contributed by atoms with Gasteiger partial charge in [0.1, 0.15) is 11.2 Å². The van der Waals surface area contributed by atoms with E-state index in [1.54, 1.807) is 0 Å². The second-order valence-corrected chi connectivity index (χ2v) is 13.1. The molecule has 0 fully saturated rings. The normalized spacial score (nSPS) is 11.9. The Kier molecular flexibility index (Phi) is 5.51. The molecule has 0 unspecified atom stereocenters. The summed E-state index contributed by atoms with van der Waals surface area (Å²) >= 11 is 1.90. The fraction of sp³-hybridized carbons (Fsp3) is 0. The first-order valence-corrected chi connectivity index (χ1v) is 16.5. The second kappa shape index (κ2) is 9.90. The van der Waals surface area contributed by atoms with Gasteiger partial charge in [0.15, 0.2) is 0 Å². The summed E-state index contributed by atoms with van der Waals surface area (Å²) in [6.07, 6.45) is 0. The quantitative estimate of drug-likeness (QED) is 0.183. The van der Waals surface area contributed by atoms with Crippen LogP contribution in [0.2, 0.25) is 0 Å². The lowest BCUT2D eigenvalue weighted by Crippen LogP contribution is -1.85. The maximum atomic E-state index is 6.37. The van der Waals surface area contributed by atoms with Crippen molar-refractivity contribution in [2.75, 3.05) is 0 Å². The molecule has 10 aromatic rings. The Morgan fingerprint density at radius 2 is 1.02 bits per heavy atom. The SMILES string of the molecule is c1cc(-c2cccc(-c3cccc4c3oc3ccccc34)c2)cc(-c2ccc3ccc4ccc5c6ccccc6sc5c4c3c2)c1. The smallest absolute Gasteiger partial charge is 0.143 e. The molecular weight excluding hydrogens is 577 g/mol. The lowest BCUT2D eigenvalue weighted by atomic mass is 9.93. The number of rotatable bonds is 3. The number of benzene rings is 8. The maximum Gasteiger partial charge on any atom is 0.143 e. The lowest BCUT2D eigenvalue weighted by molar-refractivity contribution is 0.670. The molecule has 0 aliphatic carbocycles. The Bertz CT molecular complexity index is 2810. The predicted octanol–water partition coefficient (Wildman–Crippen LogP) is 13.3. The predicted molar refractivity (Wildman–Crippen MR) is 198 cm³/mol. The second-order valence-electron chi connectivity index (χ2n) is 12.1. The van der Waals surface area contributed by atoms with Crippen LogP contribution in [0.3, 0.4) is 0 Å². The van der Waals surface area contributed by atoms with E-state index in [0.717, 1.165) is 33.1 Å². The average Bonchev–Trinajstić information content (AvgIpc) is 3.70. The van der Waals surface area contributed by atoms with E-state index in [4.69, 9.17) is 4.42 Å². The van der Waals surface area contributed by atoms with Crippen LogP contribution in [-0.4, -0.2) is 0 Å². The van der Waals surface area contributed by atoms with Crippen LogP contribution in [-0.2, 0) is 0 Å². The van der Waals surface area contributed by atoms with E-state index < -0.39 is 0 Å². The first-order chi connectivity index (χ1) is 22.8. The van der Waals surface area contributed by atoms with Gasteiger partial charge in [-0.3, -0.25) is 0 Å². The highest BCUT2D eigenvalue weighted by atomic mass is 32.1. The van der Waals surface area contributed by atoms with Crippen molar-refractivity contribution in [3.63, 3.8) is 0 Å². The molecule has 0 amide bonds. The number of hydrogen-bond donors (Lipinski definition) is 0. The summed E-state index contributed by atoms with van der Waals surface area (Å²) in [6, 6.07) is 57.2. The van der Waals surface area contributed by atoms with Crippen molar-refractivity contribution in [1.82, 2.24) is 0 Å². The number of fused-ring (bicyclic) bond motifs is 10. The number of hydrogen-bond acceptors (Lipinski definition) is 2. The molecule has 0 N–H and O–H groups in total. The molecule has 0 atom stereocenters. The first-order valence-electron chi connectivity index (χ1n) is 15.7. The highest BCUT2D eigenvalue weighted by Gasteiger charge is 2.14. The molecule has 0 saturated heterocycles. The van der Waals surface area contributed by atoms with Gasteiger partial charge in [0, 0.05) is 41.9 Å². The van der Waals surface area contributed by atoms with Crippen molar-refractivity contribution in [3.8, 4) is 33.4 Å². The Morgan fingerprint density at radius 3 is 1.89 bits per heavy atom. The van der Waals surface area contributed by atoms with E-state index in [-0.39, 0.29) is 0 Å². The molecule has 0 aliphatic heterocycles. The summed E-state index contributed by atoms with van der Waals surface area (Å²) in [5, 5.41) is 10.2. The third-order valence-electron chi connectivity index (χ3n) is 9.45. The topological polar surface area (TPSA) is 13.1 Å². The molecule has 0 bridgehead atoms. The molecule has 2 aromatic heterocycles. The number of thiophene rings is 1. The largest absolute Gasteiger partial charge is 0.455 e. The standard InChI is InChI=1S/C44H26OS/c1-3-16-40-35(12-1)37-15-7-14-34(43(37)45-40)33-11-6-10-31(25-33)29-8-5-9-30(24-29)32-21-19-27-18-20-28-22-23-38-36-13-2-4-17-41(36)46-44(38)42(28)39(27)26-32/h1-26H. The van der Waals surface area contributed by atoms with Gasteiger partial charge < -0.3 is 4.42 Å². The fourth-order valence-corrected chi connectivity index (χ4v) is 8.49. The minimum absolute atomic E-state index is 0.921. The van der Waals surface area contributed by atoms with Gasteiger partial charge in [0.05, 0.1) is 0 Å². The van der Waals surface area contributed by atoms with E-state index in [1.807, 2.05) is 23.5 Å². The molecule has 214 valence electrons. The monoisotopic (exact) mass is 602 g/mol. The van der Waals surface area contributed by atoms with Crippen LogP contribution in [0.4, 0.5) is 0 Å². The van der Waals surface area contributed by atoms with Gasteiger partial charge in [-0.05, 0) is 74.3 Å². The summed E-state index contributed by atoms with van der Waals surface area (Å²) in [7, 11) is 0. The molecule has 0 saturated carbocycles.